The van der Waals surface area contributed by atoms with E-state index in [4.69, 9.17) is 21.0 Å². The number of thiazole rings is 1. The first-order valence-electron chi connectivity index (χ1n) is 9.49. The monoisotopic (exact) mass is 432 g/mol. The molecule has 3 aromatic carbocycles. The Morgan fingerprint density at radius 3 is 2.70 bits per heavy atom. The summed E-state index contributed by atoms with van der Waals surface area (Å²) >= 11 is 7.83. The van der Waals surface area contributed by atoms with Crippen molar-refractivity contribution < 1.29 is 9.21 Å². The zero-order valence-corrected chi connectivity index (χ0v) is 17.7. The lowest BCUT2D eigenvalue weighted by Gasteiger charge is -2.19. The highest BCUT2D eigenvalue weighted by molar-refractivity contribution is 7.23. The molecular formula is C24H17ClN2O2S. The molecule has 0 atom stereocenters. The van der Waals surface area contributed by atoms with Crippen LogP contribution in [-0.2, 0) is 6.54 Å². The highest BCUT2D eigenvalue weighted by Crippen LogP contribution is 2.37. The second kappa shape index (κ2) is 7.59. The van der Waals surface area contributed by atoms with E-state index in [2.05, 4.69) is 0 Å². The molecule has 2 heterocycles. The number of furan rings is 1. The summed E-state index contributed by atoms with van der Waals surface area (Å²) in [6.07, 6.45) is 1.61. The lowest BCUT2D eigenvalue weighted by Crippen LogP contribution is -2.30. The number of hydrogen-bond donors (Lipinski definition) is 0. The van der Waals surface area contributed by atoms with Gasteiger partial charge in [-0.3, -0.25) is 9.69 Å². The fourth-order valence-electron chi connectivity index (χ4n) is 3.55. The van der Waals surface area contributed by atoms with Crippen LogP contribution in [0.3, 0.4) is 0 Å². The van der Waals surface area contributed by atoms with Crippen LogP contribution < -0.4 is 4.90 Å². The number of benzene rings is 3. The van der Waals surface area contributed by atoms with Gasteiger partial charge in [0.1, 0.15) is 5.76 Å². The minimum atomic E-state index is -0.129. The smallest absolute Gasteiger partial charge is 0.261 e. The van der Waals surface area contributed by atoms with Gasteiger partial charge in [-0.05, 0) is 47.5 Å². The third-order valence-electron chi connectivity index (χ3n) is 5.08. The van der Waals surface area contributed by atoms with Gasteiger partial charge in [0.2, 0.25) is 0 Å². The number of anilines is 1. The predicted octanol–water partition coefficient (Wildman–Crippen LogP) is 6.85. The van der Waals surface area contributed by atoms with Crippen LogP contribution in [0.25, 0.3) is 21.0 Å². The van der Waals surface area contributed by atoms with Crippen LogP contribution in [-0.4, -0.2) is 10.9 Å². The first kappa shape index (κ1) is 18.9. The summed E-state index contributed by atoms with van der Waals surface area (Å²) in [5, 5.41) is 3.15. The minimum Gasteiger partial charge on any atom is -0.467 e. The van der Waals surface area contributed by atoms with E-state index in [-0.39, 0.29) is 12.5 Å². The van der Waals surface area contributed by atoms with E-state index >= 15 is 0 Å². The lowest BCUT2D eigenvalue weighted by molar-refractivity contribution is 0.0985. The molecule has 4 nitrogen and oxygen atoms in total. The van der Waals surface area contributed by atoms with Gasteiger partial charge in [-0.25, -0.2) is 4.98 Å². The topological polar surface area (TPSA) is 46.3 Å². The van der Waals surface area contributed by atoms with Crippen LogP contribution in [0.4, 0.5) is 5.13 Å². The minimum absolute atomic E-state index is 0.129. The summed E-state index contributed by atoms with van der Waals surface area (Å²) in [5.41, 5.74) is 2.46. The predicted molar refractivity (Wildman–Crippen MR) is 123 cm³/mol. The van der Waals surface area contributed by atoms with Crippen molar-refractivity contribution in [3.63, 3.8) is 0 Å². The molecule has 30 heavy (non-hydrogen) atoms. The Morgan fingerprint density at radius 2 is 1.90 bits per heavy atom. The van der Waals surface area contributed by atoms with Crippen LogP contribution in [0.15, 0.2) is 77.4 Å². The van der Waals surface area contributed by atoms with Gasteiger partial charge in [0.25, 0.3) is 5.91 Å². The van der Waals surface area contributed by atoms with Gasteiger partial charge >= 0.3 is 0 Å². The molecule has 2 aromatic heterocycles. The molecule has 0 unspecified atom stereocenters. The summed E-state index contributed by atoms with van der Waals surface area (Å²) < 4.78 is 6.41. The van der Waals surface area contributed by atoms with Crippen molar-refractivity contribution in [3.05, 3.63) is 94.9 Å². The van der Waals surface area contributed by atoms with Crippen LogP contribution >= 0.6 is 22.9 Å². The maximum absolute atomic E-state index is 13.8. The Bertz CT molecular complexity index is 1330. The molecule has 148 valence electrons. The molecule has 0 saturated carbocycles. The molecule has 0 saturated heterocycles. The maximum Gasteiger partial charge on any atom is 0.261 e. The Kier molecular flexibility index (Phi) is 4.77. The number of carbonyl (C=O) groups excluding carboxylic acids is 1. The van der Waals surface area contributed by atoms with Gasteiger partial charge in [-0.2, -0.15) is 0 Å². The lowest BCUT2D eigenvalue weighted by atomic mass is 10.0. The Labute approximate surface area is 182 Å². The SMILES string of the molecule is Cc1ccc(Cl)c2sc(N(Cc3ccco3)C(=O)c3cccc4ccccc34)nc12. The summed E-state index contributed by atoms with van der Waals surface area (Å²) in [6.45, 7) is 2.27. The third kappa shape index (κ3) is 3.26. The molecule has 0 fully saturated rings. The van der Waals surface area contributed by atoms with E-state index < -0.39 is 0 Å². The second-order valence-electron chi connectivity index (χ2n) is 7.04. The molecule has 0 spiro atoms. The van der Waals surface area contributed by atoms with Crippen molar-refractivity contribution in [1.82, 2.24) is 4.98 Å². The Balaban J connectivity index is 1.66. The van der Waals surface area contributed by atoms with Crippen LogP contribution in [0.1, 0.15) is 21.7 Å². The fraction of sp³-hybridized carbons (Fsp3) is 0.0833. The highest BCUT2D eigenvalue weighted by atomic mass is 35.5. The zero-order valence-electron chi connectivity index (χ0n) is 16.1. The number of aryl methyl sites for hydroxylation is 1. The van der Waals surface area contributed by atoms with Crippen LogP contribution in [0.2, 0.25) is 5.02 Å². The van der Waals surface area contributed by atoms with Gasteiger partial charge < -0.3 is 4.42 Å². The number of carbonyl (C=O) groups is 1. The number of aromatic nitrogens is 1. The van der Waals surface area contributed by atoms with Crippen molar-refractivity contribution >= 4 is 55.0 Å². The summed E-state index contributed by atoms with van der Waals surface area (Å²) in [5.74, 6) is 0.557. The molecule has 6 heteroatoms. The molecule has 1 amide bonds. The summed E-state index contributed by atoms with van der Waals surface area (Å²) in [4.78, 5) is 20.2. The quantitative estimate of drug-likeness (QED) is 0.312. The maximum atomic E-state index is 13.8. The number of halogens is 1. The molecule has 5 rings (SSSR count). The average Bonchev–Trinajstić information content (AvgIpc) is 3.44. The average molecular weight is 433 g/mol. The van der Waals surface area contributed by atoms with Gasteiger partial charge in [-0.15, -0.1) is 0 Å². The van der Waals surface area contributed by atoms with Crippen molar-refractivity contribution in [2.75, 3.05) is 4.90 Å². The third-order valence-corrected chi connectivity index (χ3v) is 6.61. The number of nitrogens with zero attached hydrogens (tertiary/aromatic N) is 2. The number of rotatable bonds is 4. The number of fused-ring (bicyclic) bond motifs is 2. The van der Waals surface area contributed by atoms with Crippen molar-refractivity contribution in [3.8, 4) is 0 Å². The molecule has 0 aliphatic heterocycles. The van der Waals surface area contributed by atoms with Gasteiger partial charge in [0.05, 0.1) is 28.0 Å². The zero-order chi connectivity index (χ0) is 20.7. The first-order valence-corrected chi connectivity index (χ1v) is 10.7. The Hall–Kier alpha value is -3.15. The van der Waals surface area contributed by atoms with E-state index in [9.17, 15) is 4.79 Å². The molecule has 0 bridgehead atoms. The number of hydrogen-bond acceptors (Lipinski definition) is 4. The van der Waals surface area contributed by atoms with E-state index in [1.165, 1.54) is 11.3 Å². The van der Waals surface area contributed by atoms with Crippen LogP contribution in [0, 0.1) is 6.92 Å². The van der Waals surface area contributed by atoms with Gasteiger partial charge in [0, 0.05) is 5.56 Å². The normalized spacial score (nSPS) is 11.3. The number of amides is 1. The van der Waals surface area contributed by atoms with Crippen LogP contribution in [0.5, 0.6) is 0 Å². The molecular weight excluding hydrogens is 416 g/mol. The molecule has 0 aliphatic rings. The van der Waals surface area contributed by atoms with E-state index in [0.717, 1.165) is 26.6 Å². The molecule has 5 aromatic rings. The van der Waals surface area contributed by atoms with Gasteiger partial charge in [-0.1, -0.05) is 65.4 Å². The highest BCUT2D eigenvalue weighted by Gasteiger charge is 2.25. The Morgan fingerprint density at radius 1 is 1.07 bits per heavy atom. The van der Waals surface area contributed by atoms with E-state index in [0.29, 0.717) is 21.5 Å². The van der Waals surface area contributed by atoms with E-state index in [1.807, 2.05) is 73.7 Å². The second-order valence-corrected chi connectivity index (χ2v) is 8.42. The molecule has 0 N–H and O–H groups in total. The van der Waals surface area contributed by atoms with Crippen molar-refractivity contribution in [2.45, 2.75) is 13.5 Å². The molecule has 0 aliphatic carbocycles. The van der Waals surface area contributed by atoms with Crippen molar-refractivity contribution in [1.29, 1.82) is 0 Å². The summed E-state index contributed by atoms with van der Waals surface area (Å²) in [6, 6.07) is 21.1. The van der Waals surface area contributed by atoms with Gasteiger partial charge in [0.15, 0.2) is 5.13 Å². The van der Waals surface area contributed by atoms with Crippen molar-refractivity contribution in [2.24, 2.45) is 0 Å². The summed E-state index contributed by atoms with van der Waals surface area (Å²) in [7, 11) is 0. The first-order chi connectivity index (χ1) is 14.6. The molecule has 0 radical (unpaired) electrons. The van der Waals surface area contributed by atoms with E-state index in [1.54, 1.807) is 11.2 Å². The largest absolute Gasteiger partial charge is 0.467 e. The fourth-order valence-corrected chi connectivity index (χ4v) is 4.86. The standard InChI is InChI=1S/C24H17ClN2O2S/c1-15-11-12-20(25)22-21(15)26-24(30-22)27(14-17-8-5-13-29-17)23(28)19-10-4-7-16-6-2-3-9-18(16)19/h2-13H,14H2,1H3.